The number of amides is 4. The third kappa shape index (κ3) is 4.84. The number of hydrogen-bond acceptors (Lipinski definition) is 5. The minimum atomic E-state index is -0.426. The van der Waals surface area contributed by atoms with Crippen LogP contribution < -0.4 is 10.1 Å². The van der Waals surface area contributed by atoms with Crippen molar-refractivity contribution in [2.45, 2.75) is 19.4 Å². The van der Waals surface area contributed by atoms with Crippen LogP contribution in [-0.2, 0) is 11.3 Å². The molecule has 0 aromatic heterocycles. The second kappa shape index (κ2) is 10.0. The predicted octanol–water partition coefficient (Wildman–Crippen LogP) is 3.74. The quantitative estimate of drug-likeness (QED) is 0.517. The van der Waals surface area contributed by atoms with Crippen molar-refractivity contribution in [3.8, 4) is 5.75 Å². The van der Waals surface area contributed by atoms with Crippen LogP contribution in [0.5, 0.6) is 5.75 Å². The maximum absolute atomic E-state index is 12.9. The van der Waals surface area contributed by atoms with Gasteiger partial charge < -0.3 is 15.0 Å². The fourth-order valence-corrected chi connectivity index (χ4v) is 4.41. The number of hydrogen-bond donors (Lipinski definition) is 1. The lowest BCUT2D eigenvalue weighted by atomic mass is 10.1. The van der Waals surface area contributed by atoms with Crippen LogP contribution >= 0.6 is 0 Å². The topological polar surface area (TPSA) is 96.0 Å². The lowest BCUT2D eigenvalue weighted by Crippen LogP contribution is -2.32. The molecule has 3 aromatic carbocycles. The zero-order valence-electron chi connectivity index (χ0n) is 19.6. The van der Waals surface area contributed by atoms with E-state index in [9.17, 15) is 19.2 Å². The Morgan fingerprint density at radius 2 is 1.58 bits per heavy atom. The summed E-state index contributed by atoms with van der Waals surface area (Å²) in [4.78, 5) is 53.8. The van der Waals surface area contributed by atoms with Crippen LogP contribution in [0.15, 0.2) is 72.8 Å². The summed E-state index contributed by atoms with van der Waals surface area (Å²) in [6.45, 7) is 1.63. The maximum atomic E-state index is 12.9. The van der Waals surface area contributed by atoms with E-state index in [2.05, 4.69) is 5.32 Å². The first kappa shape index (κ1) is 23.3. The summed E-state index contributed by atoms with van der Waals surface area (Å²) in [6, 6.07) is 20.5. The standard InChI is InChI=1S/C28H25N3O5/c32-25(30-13-4-5-14-30)18-36-22-10-6-9-21(16-22)29-26(33)20-11-12-23-24(15-20)28(35)31(27(23)34)17-19-7-2-1-3-8-19/h1-3,6-12,15-16H,4-5,13-14,17-18H2,(H,29,33). The molecule has 8 nitrogen and oxygen atoms in total. The summed E-state index contributed by atoms with van der Waals surface area (Å²) in [5, 5.41) is 2.79. The van der Waals surface area contributed by atoms with Gasteiger partial charge in [0.2, 0.25) is 0 Å². The third-order valence-corrected chi connectivity index (χ3v) is 6.33. The van der Waals surface area contributed by atoms with Gasteiger partial charge in [0.15, 0.2) is 6.61 Å². The number of benzene rings is 3. The Balaban J connectivity index is 1.25. The summed E-state index contributed by atoms with van der Waals surface area (Å²) in [5.41, 5.74) is 2.08. The SMILES string of the molecule is O=C(Nc1cccc(OCC(=O)N2CCCC2)c1)c1ccc2c(c1)C(=O)N(Cc1ccccc1)C2=O. The van der Waals surface area contributed by atoms with Gasteiger partial charge in [-0.3, -0.25) is 24.1 Å². The molecule has 0 spiro atoms. The van der Waals surface area contributed by atoms with Crippen LogP contribution in [0.1, 0.15) is 49.5 Å². The molecule has 1 N–H and O–H groups in total. The van der Waals surface area contributed by atoms with E-state index in [1.807, 2.05) is 30.3 Å². The molecule has 2 aliphatic heterocycles. The van der Waals surface area contributed by atoms with Crippen LogP contribution in [-0.4, -0.2) is 53.1 Å². The summed E-state index contributed by atoms with van der Waals surface area (Å²) >= 11 is 0. The number of likely N-dealkylation sites (tertiary alicyclic amines) is 1. The van der Waals surface area contributed by atoms with Crippen molar-refractivity contribution in [1.82, 2.24) is 9.80 Å². The predicted molar refractivity (Wildman–Crippen MR) is 133 cm³/mol. The molecular weight excluding hydrogens is 458 g/mol. The van der Waals surface area contributed by atoms with Gasteiger partial charge in [-0.1, -0.05) is 36.4 Å². The normalized spacial score (nSPS) is 14.7. The number of carbonyl (C=O) groups excluding carboxylic acids is 4. The number of rotatable bonds is 7. The molecule has 0 saturated carbocycles. The molecule has 4 amide bonds. The van der Waals surface area contributed by atoms with E-state index in [0.29, 0.717) is 11.4 Å². The highest BCUT2D eigenvalue weighted by Gasteiger charge is 2.36. The van der Waals surface area contributed by atoms with Gasteiger partial charge >= 0.3 is 0 Å². The summed E-state index contributed by atoms with van der Waals surface area (Å²) in [5.74, 6) is -0.817. The minimum Gasteiger partial charge on any atom is -0.484 e. The van der Waals surface area contributed by atoms with Gasteiger partial charge in [0.25, 0.3) is 23.6 Å². The molecule has 182 valence electrons. The highest BCUT2D eigenvalue weighted by molar-refractivity contribution is 6.22. The largest absolute Gasteiger partial charge is 0.484 e. The lowest BCUT2D eigenvalue weighted by Gasteiger charge is -2.15. The number of ether oxygens (including phenoxy) is 1. The van der Waals surface area contributed by atoms with Gasteiger partial charge in [0.05, 0.1) is 17.7 Å². The van der Waals surface area contributed by atoms with Gasteiger partial charge in [0.1, 0.15) is 5.75 Å². The molecule has 3 aromatic rings. The Hall–Kier alpha value is -4.46. The summed E-state index contributed by atoms with van der Waals surface area (Å²) in [6.07, 6.45) is 2.03. The smallest absolute Gasteiger partial charge is 0.261 e. The van der Waals surface area contributed by atoms with E-state index < -0.39 is 11.8 Å². The van der Waals surface area contributed by atoms with Crippen LogP contribution in [0.4, 0.5) is 5.69 Å². The first-order chi connectivity index (χ1) is 17.5. The van der Waals surface area contributed by atoms with E-state index in [0.717, 1.165) is 31.5 Å². The van der Waals surface area contributed by atoms with E-state index in [1.54, 1.807) is 29.2 Å². The number of imide groups is 1. The Morgan fingerprint density at radius 3 is 2.36 bits per heavy atom. The second-order valence-electron chi connectivity index (χ2n) is 8.80. The molecular formula is C28H25N3O5. The van der Waals surface area contributed by atoms with Gasteiger partial charge in [-0.15, -0.1) is 0 Å². The zero-order valence-corrected chi connectivity index (χ0v) is 19.6. The molecule has 5 rings (SSSR count). The molecule has 0 bridgehead atoms. The molecule has 0 atom stereocenters. The molecule has 1 saturated heterocycles. The first-order valence-corrected chi connectivity index (χ1v) is 11.9. The molecule has 0 unspecified atom stereocenters. The lowest BCUT2D eigenvalue weighted by molar-refractivity contribution is -0.132. The van der Waals surface area contributed by atoms with Gasteiger partial charge in [0, 0.05) is 30.4 Å². The van der Waals surface area contributed by atoms with Gasteiger partial charge in [-0.2, -0.15) is 0 Å². The number of carbonyl (C=O) groups is 4. The minimum absolute atomic E-state index is 0.0550. The Kier molecular flexibility index (Phi) is 6.49. The maximum Gasteiger partial charge on any atom is 0.261 e. The van der Waals surface area contributed by atoms with Gasteiger partial charge in [-0.25, -0.2) is 0 Å². The molecule has 2 heterocycles. The second-order valence-corrected chi connectivity index (χ2v) is 8.80. The average molecular weight is 484 g/mol. The van der Waals surface area contributed by atoms with Crippen molar-refractivity contribution < 1.29 is 23.9 Å². The number of anilines is 1. The monoisotopic (exact) mass is 483 g/mol. The molecule has 2 aliphatic rings. The van der Waals surface area contributed by atoms with Crippen molar-refractivity contribution in [2.75, 3.05) is 25.0 Å². The van der Waals surface area contributed by atoms with Crippen molar-refractivity contribution >= 4 is 29.3 Å². The molecule has 0 radical (unpaired) electrons. The van der Waals surface area contributed by atoms with E-state index >= 15 is 0 Å². The fraction of sp³-hybridized carbons (Fsp3) is 0.214. The van der Waals surface area contributed by atoms with Crippen molar-refractivity contribution in [1.29, 1.82) is 0 Å². The highest BCUT2D eigenvalue weighted by Crippen LogP contribution is 2.26. The zero-order chi connectivity index (χ0) is 25.1. The Morgan fingerprint density at radius 1 is 0.833 bits per heavy atom. The van der Waals surface area contributed by atoms with Crippen molar-refractivity contribution in [3.05, 3.63) is 95.1 Å². The van der Waals surface area contributed by atoms with Crippen molar-refractivity contribution in [2.24, 2.45) is 0 Å². The Bertz CT molecular complexity index is 1330. The molecule has 8 heteroatoms. The van der Waals surface area contributed by atoms with Gasteiger partial charge in [-0.05, 0) is 48.7 Å². The fourth-order valence-electron chi connectivity index (χ4n) is 4.41. The number of fused-ring (bicyclic) bond motifs is 1. The molecule has 36 heavy (non-hydrogen) atoms. The molecule has 1 fully saturated rings. The highest BCUT2D eigenvalue weighted by atomic mass is 16.5. The van der Waals surface area contributed by atoms with Crippen molar-refractivity contribution in [3.63, 3.8) is 0 Å². The van der Waals surface area contributed by atoms with Crippen LogP contribution in [0.2, 0.25) is 0 Å². The molecule has 0 aliphatic carbocycles. The summed E-state index contributed by atoms with van der Waals surface area (Å²) in [7, 11) is 0. The average Bonchev–Trinajstić information content (AvgIpc) is 3.52. The summed E-state index contributed by atoms with van der Waals surface area (Å²) < 4.78 is 5.62. The van der Waals surface area contributed by atoms with Crippen LogP contribution in [0.3, 0.4) is 0 Å². The third-order valence-electron chi connectivity index (χ3n) is 6.33. The van der Waals surface area contributed by atoms with E-state index in [1.165, 1.54) is 23.1 Å². The van der Waals surface area contributed by atoms with E-state index in [4.69, 9.17) is 4.74 Å². The number of nitrogens with one attached hydrogen (secondary N) is 1. The van der Waals surface area contributed by atoms with Crippen LogP contribution in [0.25, 0.3) is 0 Å². The Labute approximate surface area is 208 Å². The first-order valence-electron chi connectivity index (χ1n) is 11.9. The van der Waals surface area contributed by atoms with E-state index in [-0.39, 0.29) is 41.7 Å². The number of nitrogens with zero attached hydrogens (tertiary/aromatic N) is 2. The van der Waals surface area contributed by atoms with Crippen LogP contribution in [0, 0.1) is 0 Å².